The average Bonchev–Trinajstić information content (AvgIpc) is 3.43. The molecule has 1 saturated carbocycles. The molecule has 0 bridgehead atoms. The Kier molecular flexibility index (Phi) is 7.10. The van der Waals surface area contributed by atoms with E-state index in [2.05, 4.69) is 5.32 Å². The van der Waals surface area contributed by atoms with Gasteiger partial charge >= 0.3 is 0 Å². The monoisotopic (exact) mass is 490 g/mol. The molecule has 1 aliphatic heterocycles. The lowest BCUT2D eigenvalue weighted by Gasteiger charge is -2.18. The van der Waals surface area contributed by atoms with E-state index in [4.69, 9.17) is 32.7 Å². The second-order valence-electron chi connectivity index (χ2n) is 8.11. The number of hydrogen-bond donors (Lipinski definition) is 1. The third-order valence-corrected chi connectivity index (χ3v) is 6.71. The van der Waals surface area contributed by atoms with Crippen molar-refractivity contribution in [1.29, 1.82) is 0 Å². The molecule has 0 unspecified atom stereocenters. The van der Waals surface area contributed by atoms with Crippen molar-refractivity contribution in [1.82, 2.24) is 4.90 Å². The number of halogens is 2. The molecule has 1 aliphatic carbocycles. The summed E-state index contributed by atoms with van der Waals surface area (Å²) in [6, 6.07) is 8.14. The smallest absolute Gasteiger partial charge is 0.255 e. The maximum absolute atomic E-state index is 13.0. The molecule has 2 fully saturated rings. The minimum absolute atomic E-state index is 0.0407. The number of anilines is 1. The summed E-state index contributed by atoms with van der Waals surface area (Å²) >= 11 is 12.8. The van der Waals surface area contributed by atoms with Crippen molar-refractivity contribution in [3.8, 4) is 11.5 Å². The number of methoxy groups -OCH3 is 1. The summed E-state index contributed by atoms with van der Waals surface area (Å²) in [5.74, 6) is 0.151. The Bertz CT molecular complexity index is 1080. The van der Waals surface area contributed by atoms with Crippen molar-refractivity contribution in [3.05, 3.63) is 51.5 Å². The number of nitrogens with zero attached hydrogens (tertiary/aromatic N) is 1. The highest BCUT2D eigenvalue weighted by atomic mass is 35.5. The topological polar surface area (TPSA) is 84.9 Å². The van der Waals surface area contributed by atoms with Gasteiger partial charge in [0.15, 0.2) is 11.5 Å². The van der Waals surface area contributed by atoms with Gasteiger partial charge in [0.1, 0.15) is 0 Å². The first-order chi connectivity index (χ1) is 15.9. The molecule has 33 heavy (non-hydrogen) atoms. The van der Waals surface area contributed by atoms with Crippen LogP contribution in [0.4, 0.5) is 5.69 Å². The summed E-state index contributed by atoms with van der Waals surface area (Å²) in [4.78, 5) is 38.1. The Balaban J connectivity index is 1.54. The van der Waals surface area contributed by atoms with Gasteiger partial charge in [0.25, 0.3) is 5.91 Å². The van der Waals surface area contributed by atoms with Crippen LogP contribution >= 0.6 is 23.2 Å². The van der Waals surface area contributed by atoms with E-state index in [0.717, 1.165) is 30.6 Å². The molecule has 1 saturated heterocycles. The molecule has 2 aromatic rings. The molecule has 9 heteroatoms. The fraction of sp³-hybridized carbons (Fsp3) is 0.375. The van der Waals surface area contributed by atoms with Crippen molar-refractivity contribution >= 4 is 46.6 Å². The molecule has 2 aromatic carbocycles. The fourth-order valence-electron chi connectivity index (χ4n) is 4.09. The SMILES string of the molecule is COc1ccc(C(=O)Nc2ccc(Cl)c(CN3C(=O)CCC3=O)c2Cl)cc1OC1CCCC1. The summed E-state index contributed by atoms with van der Waals surface area (Å²) in [5.41, 5.74) is 1.11. The van der Waals surface area contributed by atoms with Gasteiger partial charge in [-0.05, 0) is 56.0 Å². The van der Waals surface area contributed by atoms with Crippen LogP contribution in [-0.4, -0.2) is 35.8 Å². The summed E-state index contributed by atoms with van der Waals surface area (Å²) in [6.07, 6.45) is 4.66. The molecule has 174 valence electrons. The first-order valence-electron chi connectivity index (χ1n) is 10.8. The zero-order valence-corrected chi connectivity index (χ0v) is 19.7. The largest absolute Gasteiger partial charge is 0.493 e. The molecule has 0 aromatic heterocycles. The molecule has 0 radical (unpaired) electrons. The Morgan fingerprint density at radius 1 is 1.06 bits per heavy atom. The van der Waals surface area contributed by atoms with Gasteiger partial charge in [-0.15, -0.1) is 0 Å². The van der Waals surface area contributed by atoms with E-state index in [-0.39, 0.29) is 42.3 Å². The van der Waals surface area contributed by atoms with Crippen LogP contribution in [0.15, 0.2) is 30.3 Å². The lowest BCUT2D eigenvalue weighted by Crippen LogP contribution is -2.28. The Labute approximate surface area is 201 Å². The molecule has 3 amide bonds. The van der Waals surface area contributed by atoms with Crippen LogP contribution in [0.1, 0.15) is 54.4 Å². The lowest BCUT2D eigenvalue weighted by molar-refractivity contribution is -0.139. The number of hydrogen-bond acceptors (Lipinski definition) is 5. The number of rotatable bonds is 7. The number of benzene rings is 2. The highest BCUT2D eigenvalue weighted by Gasteiger charge is 2.30. The predicted molar refractivity (Wildman–Crippen MR) is 125 cm³/mol. The third-order valence-electron chi connectivity index (χ3n) is 5.93. The van der Waals surface area contributed by atoms with Crippen LogP contribution in [0.5, 0.6) is 11.5 Å². The highest BCUT2D eigenvalue weighted by molar-refractivity contribution is 6.38. The van der Waals surface area contributed by atoms with Crippen molar-refractivity contribution in [2.24, 2.45) is 0 Å². The molecule has 1 N–H and O–H groups in total. The van der Waals surface area contributed by atoms with E-state index in [0.29, 0.717) is 33.3 Å². The number of amides is 3. The summed E-state index contributed by atoms with van der Waals surface area (Å²) in [7, 11) is 1.56. The second kappa shape index (κ2) is 10.0. The Hall–Kier alpha value is -2.77. The van der Waals surface area contributed by atoms with Crippen LogP contribution in [0.2, 0.25) is 10.0 Å². The van der Waals surface area contributed by atoms with Gasteiger partial charge in [0.2, 0.25) is 11.8 Å². The zero-order chi connectivity index (χ0) is 23.5. The second-order valence-corrected chi connectivity index (χ2v) is 8.89. The summed E-state index contributed by atoms with van der Waals surface area (Å²) in [5, 5.41) is 3.27. The van der Waals surface area contributed by atoms with Gasteiger partial charge in [-0.2, -0.15) is 0 Å². The van der Waals surface area contributed by atoms with Crippen molar-refractivity contribution in [2.45, 2.75) is 51.2 Å². The molecule has 7 nitrogen and oxygen atoms in total. The number of carbonyl (C=O) groups is 3. The highest BCUT2D eigenvalue weighted by Crippen LogP contribution is 2.35. The number of likely N-dealkylation sites (tertiary alicyclic amines) is 1. The van der Waals surface area contributed by atoms with E-state index in [1.807, 2.05) is 0 Å². The van der Waals surface area contributed by atoms with Crippen molar-refractivity contribution < 1.29 is 23.9 Å². The number of nitrogens with one attached hydrogen (secondary N) is 1. The Morgan fingerprint density at radius 2 is 1.76 bits per heavy atom. The first kappa shape index (κ1) is 23.4. The van der Waals surface area contributed by atoms with Gasteiger partial charge < -0.3 is 14.8 Å². The van der Waals surface area contributed by atoms with Gasteiger partial charge in [-0.3, -0.25) is 19.3 Å². The molecule has 1 heterocycles. The summed E-state index contributed by atoms with van der Waals surface area (Å²) in [6.45, 7) is -0.0407. The molecule has 2 aliphatic rings. The average molecular weight is 491 g/mol. The zero-order valence-electron chi connectivity index (χ0n) is 18.2. The molecule has 0 spiro atoms. The van der Waals surface area contributed by atoms with Gasteiger partial charge in [-0.25, -0.2) is 0 Å². The van der Waals surface area contributed by atoms with Gasteiger partial charge in [0, 0.05) is 29.0 Å². The first-order valence-corrected chi connectivity index (χ1v) is 11.6. The van der Waals surface area contributed by atoms with E-state index in [9.17, 15) is 14.4 Å². The van der Waals surface area contributed by atoms with Crippen LogP contribution in [0, 0.1) is 0 Å². The van der Waals surface area contributed by atoms with Crippen LogP contribution in [0.25, 0.3) is 0 Å². The minimum atomic E-state index is -0.391. The fourth-order valence-corrected chi connectivity index (χ4v) is 4.62. The molecule has 4 rings (SSSR count). The van der Waals surface area contributed by atoms with E-state index >= 15 is 0 Å². The molecular formula is C24H24Cl2N2O5. The van der Waals surface area contributed by atoms with Crippen LogP contribution in [-0.2, 0) is 16.1 Å². The number of carbonyl (C=O) groups excluding carboxylic acids is 3. The maximum atomic E-state index is 13.0. The van der Waals surface area contributed by atoms with Crippen LogP contribution < -0.4 is 14.8 Å². The van der Waals surface area contributed by atoms with Crippen LogP contribution in [0.3, 0.4) is 0 Å². The van der Waals surface area contributed by atoms with E-state index in [1.54, 1.807) is 37.4 Å². The predicted octanol–water partition coefficient (Wildman–Crippen LogP) is 5.22. The number of ether oxygens (including phenoxy) is 2. The molecular weight excluding hydrogens is 467 g/mol. The van der Waals surface area contributed by atoms with Gasteiger partial charge in [0.05, 0.1) is 30.5 Å². The third kappa shape index (κ3) is 5.09. The normalized spacial score (nSPS) is 16.4. The molecule has 0 atom stereocenters. The standard InChI is InChI=1S/C24H24Cl2N2O5/c1-32-19-9-6-14(12-20(19)33-15-4-2-3-5-15)24(31)27-18-8-7-17(25)16(23(18)26)13-28-21(29)10-11-22(28)30/h6-9,12,15H,2-5,10-11,13H2,1H3,(H,27,31). The van der Waals surface area contributed by atoms with Crippen molar-refractivity contribution in [3.63, 3.8) is 0 Å². The Morgan fingerprint density at radius 3 is 2.42 bits per heavy atom. The summed E-state index contributed by atoms with van der Waals surface area (Å²) < 4.78 is 11.5. The lowest BCUT2D eigenvalue weighted by atomic mass is 10.1. The van der Waals surface area contributed by atoms with Gasteiger partial charge in [-0.1, -0.05) is 23.2 Å². The van der Waals surface area contributed by atoms with E-state index < -0.39 is 5.91 Å². The number of imide groups is 1. The quantitative estimate of drug-likeness (QED) is 0.537. The minimum Gasteiger partial charge on any atom is -0.493 e. The van der Waals surface area contributed by atoms with E-state index in [1.165, 1.54) is 0 Å². The maximum Gasteiger partial charge on any atom is 0.255 e. The van der Waals surface area contributed by atoms with Crippen molar-refractivity contribution in [2.75, 3.05) is 12.4 Å².